The largest absolute Gasteiger partial charge is 0.330 e. The molecule has 1 atom stereocenters. The van der Waals surface area contributed by atoms with Gasteiger partial charge in [-0.15, -0.1) is 0 Å². The molecule has 0 radical (unpaired) electrons. The van der Waals surface area contributed by atoms with E-state index in [9.17, 15) is 0 Å². The molecule has 1 heteroatoms. The molecule has 0 fully saturated rings. The van der Waals surface area contributed by atoms with Crippen LogP contribution in [0.1, 0.15) is 19.8 Å². The second kappa shape index (κ2) is 3.57. The molecule has 0 spiro atoms. The first-order valence-corrected chi connectivity index (χ1v) is 3.94. The van der Waals surface area contributed by atoms with E-state index < -0.39 is 0 Å². The Morgan fingerprint density at radius 2 is 2.50 bits per heavy atom. The van der Waals surface area contributed by atoms with E-state index in [0.29, 0.717) is 5.92 Å². The fraction of sp³-hybridized carbons (Fsp3) is 0.556. The molecule has 0 saturated heterocycles. The SMILES string of the molecule is CC[C@H](CN)C1=CC=CC1. The maximum absolute atomic E-state index is 5.59. The molecule has 56 valence electrons. The lowest BCUT2D eigenvalue weighted by atomic mass is 9.96. The van der Waals surface area contributed by atoms with Crippen LogP contribution in [-0.4, -0.2) is 6.54 Å². The van der Waals surface area contributed by atoms with Crippen LogP contribution < -0.4 is 5.73 Å². The second-order valence-corrected chi connectivity index (χ2v) is 2.71. The van der Waals surface area contributed by atoms with Gasteiger partial charge in [-0.3, -0.25) is 0 Å². The maximum Gasteiger partial charge on any atom is -0.00114 e. The van der Waals surface area contributed by atoms with Gasteiger partial charge in [0.25, 0.3) is 0 Å². The summed E-state index contributed by atoms with van der Waals surface area (Å²) >= 11 is 0. The highest BCUT2D eigenvalue weighted by molar-refractivity contribution is 5.25. The van der Waals surface area contributed by atoms with Gasteiger partial charge in [-0.2, -0.15) is 0 Å². The van der Waals surface area contributed by atoms with E-state index in [1.54, 1.807) is 0 Å². The molecule has 0 saturated carbocycles. The minimum atomic E-state index is 0.620. The number of rotatable bonds is 3. The van der Waals surface area contributed by atoms with Gasteiger partial charge in [0.05, 0.1) is 0 Å². The first-order chi connectivity index (χ1) is 4.88. The lowest BCUT2D eigenvalue weighted by Gasteiger charge is -2.12. The van der Waals surface area contributed by atoms with Crippen molar-refractivity contribution in [2.45, 2.75) is 19.8 Å². The molecular weight excluding hydrogens is 122 g/mol. The average Bonchev–Trinajstić information content (AvgIpc) is 2.43. The van der Waals surface area contributed by atoms with E-state index in [4.69, 9.17) is 5.73 Å². The Morgan fingerprint density at radius 3 is 2.90 bits per heavy atom. The lowest BCUT2D eigenvalue weighted by Crippen LogP contribution is -2.14. The minimum Gasteiger partial charge on any atom is -0.330 e. The van der Waals surface area contributed by atoms with Crippen molar-refractivity contribution >= 4 is 0 Å². The minimum absolute atomic E-state index is 0.620. The van der Waals surface area contributed by atoms with Crippen molar-refractivity contribution in [2.75, 3.05) is 6.54 Å². The van der Waals surface area contributed by atoms with Crippen molar-refractivity contribution in [1.82, 2.24) is 0 Å². The van der Waals surface area contributed by atoms with Crippen LogP contribution in [0.15, 0.2) is 23.8 Å². The molecule has 0 heterocycles. The highest BCUT2D eigenvalue weighted by Gasteiger charge is 2.09. The summed E-state index contributed by atoms with van der Waals surface area (Å²) in [4.78, 5) is 0. The Labute approximate surface area is 62.6 Å². The molecule has 10 heavy (non-hydrogen) atoms. The van der Waals surface area contributed by atoms with Crippen molar-refractivity contribution in [3.05, 3.63) is 23.8 Å². The van der Waals surface area contributed by atoms with Gasteiger partial charge in [-0.05, 0) is 25.3 Å². The normalized spacial score (nSPS) is 19.2. The summed E-state index contributed by atoms with van der Waals surface area (Å²) in [7, 11) is 0. The summed E-state index contributed by atoms with van der Waals surface area (Å²) in [6.45, 7) is 2.99. The molecule has 0 unspecified atom stereocenters. The Bertz CT molecular complexity index is 152. The number of hydrogen-bond acceptors (Lipinski definition) is 1. The Balaban J connectivity index is 2.47. The average molecular weight is 137 g/mol. The zero-order valence-electron chi connectivity index (χ0n) is 6.51. The predicted molar refractivity (Wildman–Crippen MR) is 44.7 cm³/mol. The van der Waals surface area contributed by atoms with Crippen molar-refractivity contribution in [3.8, 4) is 0 Å². The second-order valence-electron chi connectivity index (χ2n) is 2.71. The third-order valence-corrected chi connectivity index (χ3v) is 2.10. The first-order valence-electron chi connectivity index (χ1n) is 3.94. The third kappa shape index (κ3) is 1.48. The van der Waals surface area contributed by atoms with Gasteiger partial charge in [-0.25, -0.2) is 0 Å². The standard InChI is InChI=1S/C9H15N/c1-2-8(7-10)9-5-3-4-6-9/h3-5,8H,2,6-7,10H2,1H3/t8-/m1/s1. The number of allylic oxidation sites excluding steroid dienone is 3. The molecule has 0 bridgehead atoms. The van der Waals surface area contributed by atoms with Crippen LogP contribution in [-0.2, 0) is 0 Å². The van der Waals surface area contributed by atoms with Crippen molar-refractivity contribution in [2.24, 2.45) is 11.7 Å². The third-order valence-electron chi connectivity index (χ3n) is 2.10. The van der Waals surface area contributed by atoms with Crippen molar-refractivity contribution in [1.29, 1.82) is 0 Å². The summed E-state index contributed by atoms with van der Waals surface area (Å²) in [6.07, 6.45) is 8.79. The van der Waals surface area contributed by atoms with E-state index in [-0.39, 0.29) is 0 Å². The van der Waals surface area contributed by atoms with Crippen LogP contribution in [0.3, 0.4) is 0 Å². The maximum atomic E-state index is 5.59. The summed E-state index contributed by atoms with van der Waals surface area (Å²) in [5.41, 5.74) is 7.10. The fourth-order valence-corrected chi connectivity index (χ4v) is 1.35. The zero-order valence-corrected chi connectivity index (χ0v) is 6.51. The molecule has 1 aliphatic carbocycles. The Kier molecular flexibility index (Phi) is 2.69. The molecule has 2 N–H and O–H groups in total. The fourth-order valence-electron chi connectivity index (χ4n) is 1.35. The van der Waals surface area contributed by atoms with Crippen LogP contribution in [0.4, 0.5) is 0 Å². The predicted octanol–water partition coefficient (Wildman–Crippen LogP) is 1.86. The van der Waals surface area contributed by atoms with Gasteiger partial charge in [0.15, 0.2) is 0 Å². The number of hydrogen-bond donors (Lipinski definition) is 1. The van der Waals surface area contributed by atoms with Crippen molar-refractivity contribution in [3.63, 3.8) is 0 Å². The highest BCUT2D eigenvalue weighted by Crippen LogP contribution is 2.21. The molecule has 0 aromatic heterocycles. The van der Waals surface area contributed by atoms with Gasteiger partial charge in [0, 0.05) is 0 Å². The quantitative estimate of drug-likeness (QED) is 0.631. The summed E-state index contributed by atoms with van der Waals surface area (Å²) in [6, 6.07) is 0. The topological polar surface area (TPSA) is 26.0 Å². The monoisotopic (exact) mass is 137 g/mol. The zero-order chi connectivity index (χ0) is 7.40. The molecular formula is C9H15N. The van der Waals surface area contributed by atoms with Crippen molar-refractivity contribution < 1.29 is 0 Å². The number of nitrogens with two attached hydrogens (primary N) is 1. The lowest BCUT2D eigenvalue weighted by molar-refractivity contribution is 0.595. The molecule has 1 aliphatic rings. The smallest absolute Gasteiger partial charge is 0.00114 e. The first kappa shape index (κ1) is 7.55. The van der Waals surface area contributed by atoms with E-state index in [0.717, 1.165) is 13.0 Å². The highest BCUT2D eigenvalue weighted by atomic mass is 14.5. The van der Waals surface area contributed by atoms with Crippen LogP contribution in [0.5, 0.6) is 0 Å². The van der Waals surface area contributed by atoms with Crippen LogP contribution in [0.2, 0.25) is 0 Å². The Morgan fingerprint density at radius 1 is 1.70 bits per heavy atom. The van der Waals surface area contributed by atoms with E-state index in [1.165, 1.54) is 12.0 Å². The molecule has 0 aliphatic heterocycles. The molecule has 0 aromatic carbocycles. The summed E-state index contributed by atoms with van der Waals surface area (Å²) in [5.74, 6) is 0.620. The van der Waals surface area contributed by atoms with Gasteiger partial charge < -0.3 is 5.73 Å². The van der Waals surface area contributed by atoms with E-state index in [2.05, 4.69) is 25.2 Å². The van der Waals surface area contributed by atoms with Crippen LogP contribution in [0.25, 0.3) is 0 Å². The summed E-state index contributed by atoms with van der Waals surface area (Å²) < 4.78 is 0. The van der Waals surface area contributed by atoms with Gasteiger partial charge in [0.1, 0.15) is 0 Å². The van der Waals surface area contributed by atoms with E-state index in [1.807, 2.05) is 0 Å². The van der Waals surface area contributed by atoms with Crippen LogP contribution in [0, 0.1) is 5.92 Å². The van der Waals surface area contributed by atoms with Gasteiger partial charge >= 0.3 is 0 Å². The molecule has 1 rings (SSSR count). The van der Waals surface area contributed by atoms with Crippen LogP contribution >= 0.6 is 0 Å². The van der Waals surface area contributed by atoms with E-state index >= 15 is 0 Å². The summed E-state index contributed by atoms with van der Waals surface area (Å²) in [5, 5.41) is 0. The molecule has 0 amide bonds. The molecule has 0 aromatic rings. The molecule has 1 nitrogen and oxygen atoms in total. The van der Waals surface area contributed by atoms with Gasteiger partial charge in [0.2, 0.25) is 0 Å². The van der Waals surface area contributed by atoms with Gasteiger partial charge in [-0.1, -0.05) is 30.7 Å². The Hall–Kier alpha value is -0.560.